The van der Waals surface area contributed by atoms with Crippen molar-refractivity contribution in [1.29, 1.82) is 0 Å². The van der Waals surface area contributed by atoms with E-state index in [1.54, 1.807) is 21.4 Å². The number of allylic oxidation sites excluding steroid dienone is 1. The van der Waals surface area contributed by atoms with E-state index in [0.29, 0.717) is 113 Å². The van der Waals surface area contributed by atoms with Gasteiger partial charge >= 0.3 is 0 Å². The molecule has 2 aliphatic heterocycles. The highest BCUT2D eigenvalue weighted by Crippen LogP contribution is 2.38. The number of carbonyl (C=O) groups excluding carboxylic acids is 4. The van der Waals surface area contributed by atoms with Crippen LogP contribution in [0.4, 0.5) is 11.4 Å². The Balaban J connectivity index is 0.725. The molecule has 2 heterocycles. The summed E-state index contributed by atoms with van der Waals surface area (Å²) in [5.74, 6) is 12.0. The van der Waals surface area contributed by atoms with E-state index in [4.69, 9.17) is 28.7 Å². The topological polar surface area (TPSA) is 186 Å². The molecular weight excluding hydrogens is 1110 g/mol. The highest BCUT2D eigenvalue weighted by molar-refractivity contribution is 8.14. The molecule has 0 radical (unpaired) electrons. The van der Waals surface area contributed by atoms with Crippen molar-refractivity contribution in [3.8, 4) is 23.7 Å². The highest BCUT2D eigenvalue weighted by atomic mass is 32.2. The Morgan fingerprint density at radius 1 is 0.647 bits per heavy atom. The number of amides is 2. The van der Waals surface area contributed by atoms with Crippen LogP contribution in [0.2, 0.25) is 0 Å². The maximum atomic E-state index is 14.3. The molecule has 85 heavy (non-hydrogen) atoms. The van der Waals surface area contributed by atoms with Gasteiger partial charge in [-0.15, -0.1) is 0 Å². The third kappa shape index (κ3) is 19.4. The van der Waals surface area contributed by atoms with Gasteiger partial charge in [0.25, 0.3) is 0 Å². The molecule has 8 rings (SSSR count). The van der Waals surface area contributed by atoms with Crippen LogP contribution in [-0.2, 0) is 33.3 Å². The SMILES string of the molecule is C=C(CC)CC(=Nc1cc2ccccc2cc1C(C)=O)S[C@@H](C(=O)N1CC[C@H](O)C1)c1cccc(C#CCOCCOCCOCCOCCOCC#Cc2cccc([C@@H](SC=Nc3cc4ccccc4cc3C=O)C(=O)N3CC[C@H](O)C3)c2)c1. The summed E-state index contributed by atoms with van der Waals surface area (Å²) >= 11 is 2.59. The van der Waals surface area contributed by atoms with E-state index in [9.17, 15) is 29.4 Å². The molecular formula is C68H72N4O11S2. The van der Waals surface area contributed by atoms with Crippen molar-refractivity contribution in [2.45, 2.75) is 62.2 Å². The first-order valence-electron chi connectivity index (χ1n) is 28.6. The van der Waals surface area contributed by atoms with Crippen LogP contribution in [0.5, 0.6) is 0 Å². The van der Waals surface area contributed by atoms with Crippen molar-refractivity contribution in [1.82, 2.24) is 9.80 Å². The molecule has 2 amide bonds. The molecule has 0 spiro atoms. The molecule has 15 nitrogen and oxygen atoms in total. The number of β-amino-alcohol motifs (C(OH)–C–C–N with tert-alkyl or cyclic N) is 2. The van der Waals surface area contributed by atoms with Gasteiger partial charge in [0.1, 0.15) is 23.7 Å². The zero-order valence-corrected chi connectivity index (χ0v) is 49.8. The number of aldehydes is 1. The predicted molar refractivity (Wildman–Crippen MR) is 338 cm³/mol. The first-order chi connectivity index (χ1) is 41.5. The molecule has 17 heteroatoms. The molecule has 2 saturated heterocycles. The third-order valence-electron chi connectivity index (χ3n) is 14.1. The number of thioether (sulfide) groups is 2. The minimum absolute atomic E-state index is 0.103. The molecule has 442 valence electrons. The zero-order valence-electron chi connectivity index (χ0n) is 48.1. The van der Waals surface area contributed by atoms with E-state index in [2.05, 4.69) is 35.3 Å². The number of ether oxygens (including phenoxy) is 5. The van der Waals surface area contributed by atoms with Crippen molar-refractivity contribution in [2.75, 3.05) is 92.2 Å². The lowest BCUT2D eigenvalue weighted by Gasteiger charge is -2.24. The van der Waals surface area contributed by atoms with E-state index in [1.807, 2.05) is 122 Å². The normalized spacial score (nSPS) is 15.8. The number of aliphatic imine (C=N–C) groups is 2. The second kappa shape index (κ2) is 33.4. The number of benzene rings is 6. The second-order valence-corrected chi connectivity index (χ2v) is 22.6. The number of ketones is 1. The third-order valence-corrected chi connectivity index (χ3v) is 16.3. The van der Waals surface area contributed by atoms with Gasteiger partial charge in [-0.25, -0.2) is 9.98 Å². The van der Waals surface area contributed by atoms with Crippen LogP contribution >= 0.6 is 23.5 Å². The van der Waals surface area contributed by atoms with Crippen LogP contribution in [0.3, 0.4) is 0 Å². The summed E-state index contributed by atoms with van der Waals surface area (Å²) in [6, 6.07) is 38.1. The number of fused-ring (bicyclic) bond motifs is 2. The van der Waals surface area contributed by atoms with Crippen LogP contribution < -0.4 is 0 Å². The van der Waals surface area contributed by atoms with E-state index in [1.165, 1.54) is 30.4 Å². The molecule has 0 bridgehead atoms. The summed E-state index contributed by atoms with van der Waals surface area (Å²) in [4.78, 5) is 66.1. The fourth-order valence-electron chi connectivity index (χ4n) is 9.54. The van der Waals surface area contributed by atoms with E-state index in [-0.39, 0.29) is 43.9 Å². The minimum Gasteiger partial charge on any atom is -0.391 e. The molecule has 4 atom stereocenters. The molecule has 0 saturated carbocycles. The largest absolute Gasteiger partial charge is 0.391 e. The molecule has 2 aliphatic rings. The fourth-order valence-corrected chi connectivity index (χ4v) is 11.6. The average molecular weight is 1190 g/mol. The maximum absolute atomic E-state index is 14.3. The number of aliphatic hydroxyl groups excluding tert-OH is 2. The Labute approximate surface area is 506 Å². The van der Waals surface area contributed by atoms with Crippen molar-refractivity contribution in [2.24, 2.45) is 9.98 Å². The van der Waals surface area contributed by atoms with Crippen molar-refractivity contribution in [3.63, 3.8) is 0 Å². The van der Waals surface area contributed by atoms with Gasteiger partial charge in [0.2, 0.25) is 11.8 Å². The number of hydrogen-bond donors (Lipinski definition) is 2. The van der Waals surface area contributed by atoms with Crippen LogP contribution in [0.25, 0.3) is 21.5 Å². The fraction of sp³-hybridized carbons (Fsp3) is 0.353. The molecule has 2 N–H and O–H groups in total. The van der Waals surface area contributed by atoms with Gasteiger partial charge in [-0.3, -0.25) is 19.2 Å². The lowest BCUT2D eigenvalue weighted by molar-refractivity contribution is -0.130. The van der Waals surface area contributed by atoms with Gasteiger partial charge in [-0.2, -0.15) is 0 Å². The monoisotopic (exact) mass is 1180 g/mol. The Bertz CT molecular complexity index is 3490. The van der Waals surface area contributed by atoms with Gasteiger partial charge in [0, 0.05) is 54.9 Å². The lowest BCUT2D eigenvalue weighted by atomic mass is 10.0. The first-order valence-corrected chi connectivity index (χ1v) is 30.4. The molecule has 0 aromatic heterocycles. The van der Waals surface area contributed by atoms with Crippen molar-refractivity contribution >= 4 is 90.9 Å². The van der Waals surface area contributed by atoms with Gasteiger partial charge in [0.05, 0.1) is 87.0 Å². The van der Waals surface area contributed by atoms with Crippen LogP contribution in [0.1, 0.15) is 93.0 Å². The number of carbonyl (C=O) groups is 4. The Kier molecular flexibility index (Phi) is 25.1. The molecule has 2 fully saturated rings. The number of hydrogen-bond acceptors (Lipinski definition) is 15. The molecule has 6 aromatic rings. The second-order valence-electron chi connectivity index (χ2n) is 20.4. The summed E-state index contributed by atoms with van der Waals surface area (Å²) < 4.78 is 28.3. The summed E-state index contributed by atoms with van der Waals surface area (Å²) in [5, 5.41) is 23.7. The van der Waals surface area contributed by atoms with Gasteiger partial charge in [0.15, 0.2) is 12.1 Å². The average Bonchev–Trinajstić information content (AvgIpc) is 4.14. The molecule has 0 unspecified atom stereocenters. The van der Waals surface area contributed by atoms with E-state index >= 15 is 0 Å². The van der Waals surface area contributed by atoms with Gasteiger partial charge in [-0.05, 0) is 107 Å². The Morgan fingerprint density at radius 2 is 1.13 bits per heavy atom. The molecule has 0 aliphatic carbocycles. The van der Waals surface area contributed by atoms with Crippen LogP contribution in [0, 0.1) is 23.7 Å². The summed E-state index contributed by atoms with van der Waals surface area (Å²) in [7, 11) is 0. The van der Waals surface area contributed by atoms with E-state index in [0.717, 1.165) is 62.1 Å². The highest BCUT2D eigenvalue weighted by Gasteiger charge is 2.34. The van der Waals surface area contributed by atoms with Crippen LogP contribution in [0.15, 0.2) is 143 Å². The number of aliphatic hydroxyl groups is 2. The van der Waals surface area contributed by atoms with Crippen molar-refractivity contribution < 1.29 is 53.1 Å². The maximum Gasteiger partial charge on any atom is 0.240 e. The van der Waals surface area contributed by atoms with Crippen LogP contribution in [-0.4, -0.2) is 159 Å². The minimum atomic E-state index is -0.695. The summed E-state index contributed by atoms with van der Waals surface area (Å²) in [6.45, 7) is 12.7. The standard InChI is InChI=1S/C68H72N4O11S2/c1-4-48(2)37-64(70-63-43-55-20-8-6-18-53(55)41-61(63)49(3)74)85-66(68(78)72-26-24-60(76)45-72)57-22-10-14-51(39-57)16-12-28-80-30-32-82-34-36-83-35-33-81-31-29-79-27-11-15-50-13-9-21-56(38-50)65(67(77)71-25-23-59(75)44-71)84-47-69-62-42-54-19-7-5-17-52(54)40-58(62)46-73/h5-10,13-14,17-22,38-43,46-47,59-60,65-66,75-76H,2,4,23-37,44-45H2,1,3H3/t59-,60-,65+,66+/m0/s1. The number of nitrogens with zero attached hydrogens (tertiary/aromatic N) is 4. The van der Waals surface area contributed by atoms with Gasteiger partial charge in [-0.1, -0.05) is 139 Å². The molecule has 6 aromatic carbocycles. The van der Waals surface area contributed by atoms with Crippen molar-refractivity contribution in [3.05, 3.63) is 167 Å². The first kappa shape index (κ1) is 63.8. The zero-order chi connectivity index (χ0) is 59.8. The summed E-state index contributed by atoms with van der Waals surface area (Å²) in [6.07, 6.45) is 1.83. The number of likely N-dealkylation sites (tertiary alicyclic amines) is 2. The predicted octanol–water partition coefficient (Wildman–Crippen LogP) is 10.7. The quantitative estimate of drug-likeness (QED) is 0.00900. The van der Waals surface area contributed by atoms with E-state index < -0.39 is 22.7 Å². The Morgan fingerprint density at radius 3 is 1.62 bits per heavy atom. The lowest BCUT2D eigenvalue weighted by Crippen LogP contribution is -2.33. The smallest absolute Gasteiger partial charge is 0.240 e. The van der Waals surface area contributed by atoms with Gasteiger partial charge < -0.3 is 43.7 Å². The number of Topliss-reactive ketones (excluding diaryl/α,β-unsaturated/α-hetero) is 1. The number of rotatable bonds is 28. The summed E-state index contributed by atoms with van der Waals surface area (Å²) in [5.41, 5.74) is 7.50. The Hall–Kier alpha value is -7.26.